The topological polar surface area (TPSA) is 152 Å². The van der Waals surface area contributed by atoms with Crippen molar-refractivity contribution in [1.29, 1.82) is 0 Å². The quantitative estimate of drug-likeness (QED) is 0.448. The summed E-state index contributed by atoms with van der Waals surface area (Å²) in [5.41, 5.74) is 0.0366. The molecule has 0 aliphatic rings. The number of rotatable bonds is 10. The van der Waals surface area contributed by atoms with Crippen LogP contribution in [0.2, 0.25) is 0 Å². The van der Waals surface area contributed by atoms with Crippen molar-refractivity contribution in [2.24, 2.45) is 0 Å². The lowest BCUT2D eigenvalue weighted by Crippen LogP contribution is -2.14. The Hall–Kier alpha value is -0.530. The fourth-order valence-corrected chi connectivity index (χ4v) is 4.60. The molecule has 27 heavy (non-hydrogen) atoms. The highest BCUT2D eigenvalue weighted by molar-refractivity contribution is 7.52. The van der Waals surface area contributed by atoms with Gasteiger partial charge in [-0.2, -0.15) is 9.79 Å². The Morgan fingerprint density at radius 1 is 0.963 bits per heavy atom. The minimum absolute atomic E-state index is 0.0258. The van der Waals surface area contributed by atoms with Crippen molar-refractivity contribution in [3.63, 3.8) is 0 Å². The van der Waals surface area contributed by atoms with E-state index in [2.05, 4.69) is 0 Å². The third-order valence-corrected chi connectivity index (χ3v) is 6.01. The fourth-order valence-electron chi connectivity index (χ4n) is 2.28. The van der Waals surface area contributed by atoms with Crippen LogP contribution in [-0.2, 0) is 24.7 Å². The summed E-state index contributed by atoms with van der Waals surface area (Å²) in [5, 5.41) is 0. The first kappa shape index (κ1) is 24.5. The van der Waals surface area contributed by atoms with Crippen molar-refractivity contribution >= 4 is 34.6 Å². The number of hydrogen-bond acceptors (Lipinski definition) is 8. The summed E-state index contributed by atoms with van der Waals surface area (Å²) < 4.78 is 27.4. The molecule has 152 valence electrons. The van der Waals surface area contributed by atoms with Gasteiger partial charge in [0, 0.05) is 0 Å². The molecule has 1 aromatic carbocycles. The second-order valence-electron chi connectivity index (χ2n) is 5.15. The molecule has 0 heterocycles. The molecule has 0 radical (unpaired) electrons. The zero-order valence-electron chi connectivity index (χ0n) is 15.2. The molecule has 12 heteroatoms. The summed E-state index contributed by atoms with van der Waals surface area (Å²) in [6, 6.07) is 4.15. The molecule has 0 bridgehead atoms. The van der Waals surface area contributed by atoms with E-state index in [1.165, 1.54) is 18.2 Å². The Labute approximate surface area is 159 Å². The lowest BCUT2D eigenvalue weighted by atomic mass is 10.1. The maximum Gasteiger partial charge on any atom is 0.332 e. The van der Waals surface area contributed by atoms with Crippen LogP contribution in [-0.4, -0.2) is 45.5 Å². The van der Waals surface area contributed by atoms with E-state index in [4.69, 9.17) is 14.0 Å². The van der Waals surface area contributed by atoms with Gasteiger partial charge in [-0.1, -0.05) is 0 Å². The van der Waals surface area contributed by atoms with E-state index in [-0.39, 0.29) is 47.5 Å². The highest BCUT2D eigenvalue weighted by atomic mass is 31.2. The molecular weight excluding hydrogens is 417 g/mol. The van der Waals surface area contributed by atoms with Crippen LogP contribution in [0.5, 0.6) is 0 Å². The third kappa shape index (κ3) is 7.78. The molecule has 0 saturated carbocycles. The summed E-state index contributed by atoms with van der Waals surface area (Å²) in [4.78, 5) is 52.2. The molecule has 0 aliphatic carbocycles. The van der Waals surface area contributed by atoms with Gasteiger partial charge in [0.05, 0.1) is 37.1 Å². The minimum atomic E-state index is -3.96. The average molecular weight is 440 g/mol. The molecule has 1 aromatic rings. The van der Waals surface area contributed by atoms with Crippen molar-refractivity contribution in [3.05, 3.63) is 34.9 Å². The predicted molar refractivity (Wildman–Crippen MR) is 101 cm³/mol. The van der Waals surface area contributed by atoms with Gasteiger partial charge in [0.1, 0.15) is 0 Å². The second kappa shape index (κ2) is 11.5. The fraction of sp³-hybridized carbons (Fsp3) is 0.467. The first-order chi connectivity index (χ1) is 12.6. The van der Waals surface area contributed by atoms with Gasteiger partial charge < -0.3 is 28.7 Å². The van der Waals surface area contributed by atoms with E-state index in [0.717, 1.165) is 0 Å². The van der Waals surface area contributed by atoms with Gasteiger partial charge in [-0.05, 0) is 44.5 Å². The Morgan fingerprint density at radius 3 is 1.74 bits per heavy atom. The summed E-state index contributed by atoms with van der Waals surface area (Å²) in [6.07, 6.45) is -0.398. The summed E-state index contributed by atoms with van der Waals surface area (Å²) >= 11 is 0. The molecule has 0 aromatic heterocycles. The zero-order chi connectivity index (χ0) is 20.6. The average Bonchev–Trinajstić information content (AvgIpc) is 2.55. The maximum atomic E-state index is 12.1. The van der Waals surface area contributed by atoms with Gasteiger partial charge in [-0.3, -0.25) is 4.57 Å². The van der Waals surface area contributed by atoms with Gasteiger partial charge >= 0.3 is 7.60 Å². The molecule has 0 spiro atoms. The predicted octanol–water partition coefficient (Wildman–Crippen LogP) is 0.766. The number of benzene rings is 1. The van der Waals surface area contributed by atoms with Crippen LogP contribution in [0.3, 0.4) is 0 Å². The molecule has 0 saturated heterocycles. The molecule has 0 fully saturated rings. The third-order valence-electron chi connectivity index (χ3n) is 3.11. The van der Waals surface area contributed by atoms with Gasteiger partial charge in [-0.15, -0.1) is 0 Å². The highest BCUT2D eigenvalue weighted by Crippen LogP contribution is 2.45. The molecule has 3 N–H and O–H groups in total. The van der Waals surface area contributed by atoms with E-state index >= 15 is 0 Å². The number of hydrogen-bond donors (Lipinski definition) is 3. The summed E-state index contributed by atoms with van der Waals surface area (Å²) in [7, 11) is -9.68. The maximum absolute atomic E-state index is 12.1. The molecule has 9 nitrogen and oxygen atoms in total. The van der Waals surface area contributed by atoms with E-state index in [9.17, 15) is 29.0 Å². The smallest absolute Gasteiger partial charge is 0.332 e. The lowest BCUT2D eigenvalue weighted by Gasteiger charge is -2.13. The van der Waals surface area contributed by atoms with E-state index < -0.39 is 29.8 Å². The summed E-state index contributed by atoms with van der Waals surface area (Å²) in [5.74, 6) is 0. The minimum Gasteiger partial charge on any atom is -0.601 e. The monoisotopic (exact) mass is 440 g/mol. The van der Waals surface area contributed by atoms with E-state index in [1.54, 1.807) is 20.8 Å². The Bertz CT molecular complexity index is 707. The van der Waals surface area contributed by atoms with Crippen molar-refractivity contribution in [3.8, 4) is 0 Å². The van der Waals surface area contributed by atoms with Crippen LogP contribution in [0.1, 0.15) is 37.5 Å². The van der Waals surface area contributed by atoms with Crippen LogP contribution >= 0.6 is 23.6 Å². The molecular formula is C15H23O9P3. The van der Waals surface area contributed by atoms with Gasteiger partial charge in [0.15, 0.2) is 0 Å². The normalized spacial score (nSPS) is 15.9. The molecule has 0 aliphatic heterocycles. The van der Waals surface area contributed by atoms with Crippen molar-refractivity contribution in [2.45, 2.75) is 26.9 Å². The second-order valence-corrected chi connectivity index (χ2v) is 8.91. The Kier molecular flexibility index (Phi) is 10.4. The standard InChI is InChI=1S/C15H23O9P3/c1-4-22-14(25(16)17)12-7-11(10-27(20,21)24-6-3)8-13(9-12)15(23-5-2)26(18)19/h7-9H,4-6,10H2,1-3H3,(H,16,17)(H,18,19)(H,20,21). The first-order valence-corrected chi connectivity index (χ1v) is 12.3. The van der Waals surface area contributed by atoms with Gasteiger partial charge in [-0.25, -0.2) is 0 Å². The number of ether oxygens (including phenoxy) is 2. The van der Waals surface area contributed by atoms with Crippen molar-refractivity contribution in [2.75, 3.05) is 19.8 Å². The highest BCUT2D eigenvalue weighted by Gasteiger charge is 2.24. The van der Waals surface area contributed by atoms with Crippen LogP contribution in [0, 0.1) is 0 Å². The molecule has 3 unspecified atom stereocenters. The Morgan fingerprint density at radius 2 is 1.41 bits per heavy atom. The SMILES string of the molecule is CCOC(c1cc(CP(=O)(O)OCC)cc(C(OCC)=[P+]([O-])O)c1)=[P+]([O-])O. The van der Waals surface area contributed by atoms with E-state index in [0.29, 0.717) is 0 Å². The van der Waals surface area contributed by atoms with E-state index in [1.807, 2.05) is 0 Å². The first-order valence-electron chi connectivity index (χ1n) is 8.07. The van der Waals surface area contributed by atoms with Gasteiger partial charge in [0.2, 0.25) is 0 Å². The van der Waals surface area contributed by atoms with Crippen LogP contribution < -0.4 is 9.79 Å². The summed E-state index contributed by atoms with van der Waals surface area (Å²) in [6.45, 7) is 5.08. The van der Waals surface area contributed by atoms with Crippen LogP contribution in [0.15, 0.2) is 18.2 Å². The molecule has 1 rings (SSSR count). The lowest BCUT2D eigenvalue weighted by molar-refractivity contribution is -0.169. The van der Waals surface area contributed by atoms with Crippen LogP contribution in [0.25, 0.3) is 0 Å². The zero-order valence-corrected chi connectivity index (χ0v) is 17.9. The Balaban J connectivity index is 3.58. The van der Waals surface area contributed by atoms with Crippen molar-refractivity contribution < 1.29 is 43.0 Å². The molecule has 3 atom stereocenters. The van der Waals surface area contributed by atoms with Crippen LogP contribution in [0.4, 0.5) is 0 Å². The largest absolute Gasteiger partial charge is 0.601 e. The van der Waals surface area contributed by atoms with Crippen molar-refractivity contribution in [1.82, 2.24) is 0 Å². The molecule has 0 amide bonds. The van der Waals surface area contributed by atoms with Gasteiger partial charge in [0.25, 0.3) is 27.0 Å².